The Hall–Kier alpha value is -4.30. The number of nitrogens with zero attached hydrogens (tertiary/aromatic N) is 8. The van der Waals surface area contributed by atoms with Gasteiger partial charge < -0.3 is 27.9 Å². The summed E-state index contributed by atoms with van der Waals surface area (Å²) in [4.78, 5) is 29.2. The number of hydrogen-bond acceptors (Lipinski definition) is 9. The number of hydrogen-bond donors (Lipinski definition) is 4. The van der Waals surface area contributed by atoms with E-state index in [1.807, 2.05) is 12.4 Å². The number of guanidine groups is 2. The van der Waals surface area contributed by atoms with Crippen molar-refractivity contribution in [3.05, 3.63) is 65.1 Å². The third-order valence-electron chi connectivity index (χ3n) is 13.8. The molecule has 1 radical (unpaired) electrons. The van der Waals surface area contributed by atoms with Crippen LogP contribution >= 0.6 is 0 Å². The van der Waals surface area contributed by atoms with E-state index in [-0.39, 0.29) is 47.1 Å². The molecule has 13 nitrogen and oxygen atoms in total. The van der Waals surface area contributed by atoms with Crippen molar-refractivity contribution in [3.63, 3.8) is 0 Å². The van der Waals surface area contributed by atoms with E-state index < -0.39 is 6.16 Å². The zero-order valence-corrected chi connectivity index (χ0v) is 42.8. The van der Waals surface area contributed by atoms with E-state index in [0.29, 0.717) is 11.5 Å². The van der Waals surface area contributed by atoms with Gasteiger partial charge in [0.1, 0.15) is 11.5 Å². The Bertz CT molecular complexity index is 1930. The number of phenols is 2. The molecule has 0 aromatic heterocycles. The molecule has 369 valence electrons. The molecule has 1 aliphatic carbocycles. The largest absolute Gasteiger partial charge is 0.507 e. The first-order valence-corrected chi connectivity index (χ1v) is 24.3. The standard InChI is InChI=1S/C50H76N8O2.CH2O3.CH3.Co/c1-49(2,3)41-31-37(17-11-23-55-27-15-29-57-25-13-21-53(7)47(55)57)45(59)39(33-41)35-51-43-19-9-10-20-44(43)52-36-40-34-42(50(4,5)6)32-38(46(40)60)18-12-24-56-28-16-30-58-26-14-22-54(8)48(56)58;2-1(3)4;;/h31-36,43-44H,9-30H2,1-8H3;(H2,2,3,4);1H3;/q;;-1;/p+2. The Balaban J connectivity index is 0.00000152. The number of rotatable bonds is 12. The number of aliphatic imine (C=N–C) groups is 2. The summed E-state index contributed by atoms with van der Waals surface area (Å²) in [5, 5.41) is 37.4. The van der Waals surface area contributed by atoms with E-state index in [2.05, 4.69) is 109 Å². The SMILES string of the molecule is C[N+]1=C2N(CCCc3cc(C(C)(C)C)cc(C=NC4CCCCC4N=Cc4cc(C(C)(C)C)cc(CCCN5CCCN6CCC[N+](C)=C56)c4O)c3O)CCCN2CCC1.O=C(O)O.[CH3-].[Co]. The van der Waals surface area contributed by atoms with Gasteiger partial charge in [-0.2, -0.15) is 0 Å². The fourth-order valence-electron chi connectivity index (χ4n) is 10.3. The van der Waals surface area contributed by atoms with Gasteiger partial charge in [0.05, 0.1) is 91.6 Å². The van der Waals surface area contributed by atoms with E-state index in [1.165, 1.54) is 48.7 Å². The maximum Gasteiger partial charge on any atom is 0.503 e. The number of aromatic hydroxyl groups is 2. The summed E-state index contributed by atoms with van der Waals surface area (Å²) in [5.74, 6) is 3.51. The van der Waals surface area contributed by atoms with Crippen molar-refractivity contribution in [2.24, 2.45) is 9.98 Å². The van der Waals surface area contributed by atoms with Gasteiger partial charge >= 0.3 is 18.1 Å². The Labute approximate surface area is 407 Å². The summed E-state index contributed by atoms with van der Waals surface area (Å²) < 4.78 is 4.86. The van der Waals surface area contributed by atoms with Crippen molar-refractivity contribution in [1.29, 1.82) is 0 Å². The van der Waals surface area contributed by atoms with Crippen molar-refractivity contribution in [3.8, 4) is 11.5 Å². The molecule has 2 atom stereocenters. The zero-order valence-electron chi connectivity index (χ0n) is 41.8. The summed E-state index contributed by atoms with van der Waals surface area (Å²) in [7, 11) is 4.46. The Morgan fingerprint density at radius 1 is 0.636 bits per heavy atom. The molecule has 0 spiro atoms. The first-order chi connectivity index (χ1) is 30.4. The average molecular weight is 959 g/mol. The predicted octanol–water partition coefficient (Wildman–Crippen LogP) is 7.90. The van der Waals surface area contributed by atoms with E-state index in [9.17, 15) is 10.2 Å². The third kappa shape index (κ3) is 14.1. The van der Waals surface area contributed by atoms with E-state index in [0.717, 1.165) is 139 Å². The van der Waals surface area contributed by atoms with Crippen molar-refractivity contribution in [2.45, 2.75) is 142 Å². The van der Waals surface area contributed by atoms with Gasteiger partial charge in [-0.1, -0.05) is 66.5 Å². The van der Waals surface area contributed by atoms with Crippen LogP contribution in [0.25, 0.3) is 0 Å². The molecular weight excluding hydrogens is 876 g/mol. The normalized spacial score (nSPS) is 20.4. The number of carboxylic acid groups (broad SMARTS) is 2. The van der Waals surface area contributed by atoms with Crippen LogP contribution in [0.2, 0.25) is 0 Å². The van der Waals surface area contributed by atoms with E-state index in [4.69, 9.17) is 25.0 Å². The summed E-state index contributed by atoms with van der Waals surface area (Å²) in [5.41, 5.74) is 5.98. The first-order valence-electron chi connectivity index (χ1n) is 24.3. The van der Waals surface area contributed by atoms with Gasteiger partial charge in [-0.15, -0.1) is 0 Å². The van der Waals surface area contributed by atoms with Crippen LogP contribution in [0.15, 0.2) is 34.3 Å². The molecule has 4 heterocycles. The van der Waals surface area contributed by atoms with E-state index >= 15 is 0 Å². The molecule has 4 N–H and O–H groups in total. The van der Waals surface area contributed by atoms with Crippen LogP contribution in [0, 0.1) is 7.43 Å². The van der Waals surface area contributed by atoms with Crippen LogP contribution in [0.4, 0.5) is 4.79 Å². The number of carbonyl (C=O) groups is 1. The van der Waals surface area contributed by atoms with Crippen molar-refractivity contribution in [2.75, 3.05) is 79.5 Å². The number of aryl methyl sites for hydroxylation is 2. The maximum absolute atomic E-state index is 11.7. The summed E-state index contributed by atoms with van der Waals surface area (Å²) in [6, 6.07) is 8.78. The van der Waals surface area contributed by atoms with Gasteiger partial charge in [-0.25, -0.2) is 4.79 Å². The number of phenolic OH excluding ortho intramolecular Hbond substituents is 2. The topological polar surface area (TPSA) is 142 Å². The van der Waals surface area contributed by atoms with Crippen LogP contribution in [-0.4, -0.2) is 171 Å². The van der Waals surface area contributed by atoms with Crippen molar-refractivity contribution < 1.29 is 51.2 Å². The molecule has 66 heavy (non-hydrogen) atoms. The van der Waals surface area contributed by atoms with Gasteiger partial charge in [0.2, 0.25) is 0 Å². The number of benzene rings is 2. The quantitative estimate of drug-likeness (QED) is 0.0950. The molecule has 2 unspecified atom stereocenters. The summed E-state index contributed by atoms with van der Waals surface area (Å²) >= 11 is 0. The monoisotopic (exact) mass is 959 g/mol. The molecule has 14 heteroatoms. The third-order valence-corrected chi connectivity index (χ3v) is 13.8. The predicted molar refractivity (Wildman–Crippen MR) is 265 cm³/mol. The molecule has 2 aromatic carbocycles. The molecule has 3 fully saturated rings. The van der Waals surface area contributed by atoms with Crippen LogP contribution < -0.4 is 0 Å². The second-order valence-electron chi connectivity index (χ2n) is 20.9. The van der Waals surface area contributed by atoms with Crippen molar-refractivity contribution in [1.82, 2.24) is 19.6 Å². The smallest absolute Gasteiger partial charge is 0.503 e. The molecule has 4 aliphatic heterocycles. The Morgan fingerprint density at radius 3 is 1.36 bits per heavy atom. The molecule has 2 saturated heterocycles. The van der Waals surface area contributed by atoms with Crippen LogP contribution in [0.1, 0.15) is 139 Å². The Morgan fingerprint density at radius 2 is 1.00 bits per heavy atom. The fourth-order valence-corrected chi connectivity index (χ4v) is 10.3. The van der Waals surface area contributed by atoms with Crippen molar-refractivity contribution >= 4 is 30.5 Å². The van der Waals surface area contributed by atoms with Gasteiger partial charge in [0, 0.05) is 66.0 Å². The average Bonchev–Trinajstić information content (AvgIpc) is 3.23. The maximum atomic E-state index is 11.7. The van der Waals surface area contributed by atoms with Gasteiger partial charge in [0.25, 0.3) is 0 Å². The van der Waals surface area contributed by atoms with Crippen LogP contribution in [0.3, 0.4) is 0 Å². The minimum absolute atomic E-state index is 0. The second kappa shape index (κ2) is 24.1. The number of fused-ring (bicyclic) bond motifs is 2. The Kier molecular flexibility index (Phi) is 19.8. The molecule has 0 bridgehead atoms. The molecular formula is C52H83CoN8O5+. The van der Waals surface area contributed by atoms with Gasteiger partial charge in [0.15, 0.2) is 0 Å². The molecule has 2 aromatic rings. The molecule has 1 saturated carbocycles. The fraction of sp³-hybridized carbons (Fsp3) is 0.654. The van der Waals surface area contributed by atoms with Gasteiger partial charge in [-0.05, 0) is 83.7 Å². The zero-order chi connectivity index (χ0) is 46.2. The minimum Gasteiger partial charge on any atom is -0.507 e. The molecule has 5 aliphatic rings. The van der Waals surface area contributed by atoms with Crippen LogP contribution in [-0.2, 0) is 40.5 Å². The first kappa shape index (κ1) is 54.3. The molecule has 0 amide bonds. The second-order valence-corrected chi connectivity index (χ2v) is 20.9. The summed E-state index contributed by atoms with van der Waals surface area (Å²) in [6.45, 7) is 24.6. The van der Waals surface area contributed by atoms with Crippen LogP contribution in [0.5, 0.6) is 11.5 Å². The summed E-state index contributed by atoms with van der Waals surface area (Å²) in [6.07, 6.45) is 14.7. The molecule has 7 rings (SSSR count). The van der Waals surface area contributed by atoms with E-state index in [1.54, 1.807) is 0 Å². The minimum atomic E-state index is -1.83. The van der Waals surface area contributed by atoms with Gasteiger partial charge in [-0.3, -0.25) is 38.7 Å².